The zero-order chi connectivity index (χ0) is 14.9. The smallest absolute Gasteiger partial charge is 0.126 e. The minimum Gasteiger partial charge on any atom is -0.384 e. The number of nitrogens with one attached hydrogen (secondary N) is 2. The minimum absolute atomic E-state index is 0.303. The molecular formula is C15H16N6O. The van der Waals surface area contributed by atoms with E-state index in [1.807, 2.05) is 24.4 Å². The van der Waals surface area contributed by atoms with E-state index in [0.717, 1.165) is 41.0 Å². The summed E-state index contributed by atoms with van der Waals surface area (Å²) >= 11 is 0. The van der Waals surface area contributed by atoms with Gasteiger partial charge >= 0.3 is 0 Å². The summed E-state index contributed by atoms with van der Waals surface area (Å²) < 4.78 is 5.40. The summed E-state index contributed by atoms with van der Waals surface area (Å²) in [5, 5.41) is 11.3. The first-order chi connectivity index (χ1) is 10.8. The summed E-state index contributed by atoms with van der Waals surface area (Å²) in [5.74, 6) is 0.482. The topological polar surface area (TPSA) is 102 Å². The Bertz CT molecular complexity index is 795. The van der Waals surface area contributed by atoms with Crippen molar-refractivity contribution in [2.75, 3.05) is 24.3 Å². The van der Waals surface area contributed by atoms with Crippen molar-refractivity contribution in [2.24, 2.45) is 0 Å². The van der Waals surface area contributed by atoms with Crippen molar-refractivity contribution in [3.8, 4) is 11.4 Å². The average molecular weight is 296 g/mol. The van der Waals surface area contributed by atoms with Gasteiger partial charge in [-0.15, -0.1) is 0 Å². The summed E-state index contributed by atoms with van der Waals surface area (Å²) in [6.07, 6.45) is 4.50. The lowest BCUT2D eigenvalue weighted by atomic mass is 10.1. The summed E-state index contributed by atoms with van der Waals surface area (Å²) in [6, 6.07) is 5.93. The maximum Gasteiger partial charge on any atom is 0.126 e. The van der Waals surface area contributed by atoms with Crippen LogP contribution in [0.15, 0.2) is 30.6 Å². The van der Waals surface area contributed by atoms with E-state index >= 15 is 0 Å². The number of pyridine rings is 2. The van der Waals surface area contributed by atoms with Gasteiger partial charge in [0.1, 0.15) is 5.82 Å². The molecule has 112 valence electrons. The fraction of sp³-hybridized carbons (Fsp3) is 0.267. The van der Waals surface area contributed by atoms with Crippen LogP contribution in [0.2, 0.25) is 0 Å². The van der Waals surface area contributed by atoms with Crippen LogP contribution in [0.3, 0.4) is 0 Å². The third-order valence-corrected chi connectivity index (χ3v) is 3.78. The van der Waals surface area contributed by atoms with E-state index in [1.54, 1.807) is 6.20 Å². The van der Waals surface area contributed by atoms with Crippen molar-refractivity contribution in [1.29, 1.82) is 0 Å². The van der Waals surface area contributed by atoms with Crippen molar-refractivity contribution in [2.45, 2.75) is 12.5 Å². The van der Waals surface area contributed by atoms with Gasteiger partial charge in [0.2, 0.25) is 0 Å². The molecule has 4 rings (SSSR count). The molecule has 1 aliphatic heterocycles. The van der Waals surface area contributed by atoms with Crippen LogP contribution in [0.4, 0.5) is 11.5 Å². The highest BCUT2D eigenvalue weighted by Gasteiger charge is 2.17. The highest BCUT2D eigenvalue weighted by molar-refractivity contribution is 5.93. The second kappa shape index (κ2) is 5.27. The van der Waals surface area contributed by atoms with E-state index in [-0.39, 0.29) is 0 Å². The van der Waals surface area contributed by atoms with Crippen molar-refractivity contribution < 1.29 is 4.74 Å². The molecule has 0 aromatic carbocycles. The predicted molar refractivity (Wildman–Crippen MR) is 84.4 cm³/mol. The summed E-state index contributed by atoms with van der Waals surface area (Å²) in [6.45, 7) is 1.50. The van der Waals surface area contributed by atoms with Gasteiger partial charge in [-0.1, -0.05) is 0 Å². The Morgan fingerprint density at radius 2 is 2.32 bits per heavy atom. The number of fused-ring (bicyclic) bond motifs is 1. The number of nitrogens with two attached hydrogens (primary N) is 1. The maximum absolute atomic E-state index is 5.94. The Morgan fingerprint density at radius 3 is 3.09 bits per heavy atom. The van der Waals surface area contributed by atoms with Crippen LogP contribution in [0, 0.1) is 0 Å². The average Bonchev–Trinajstić information content (AvgIpc) is 3.20. The molecule has 4 N–H and O–H groups in total. The van der Waals surface area contributed by atoms with E-state index < -0.39 is 0 Å². The van der Waals surface area contributed by atoms with Crippen molar-refractivity contribution >= 4 is 22.4 Å². The largest absolute Gasteiger partial charge is 0.384 e. The van der Waals surface area contributed by atoms with Gasteiger partial charge in [-0.25, -0.2) is 4.98 Å². The summed E-state index contributed by atoms with van der Waals surface area (Å²) in [7, 11) is 0. The lowest BCUT2D eigenvalue weighted by molar-refractivity contribution is 0.195. The normalized spacial score (nSPS) is 17.9. The first-order valence-electron chi connectivity index (χ1n) is 7.20. The number of hydrogen-bond donors (Lipinski definition) is 3. The fourth-order valence-corrected chi connectivity index (χ4v) is 2.68. The number of ether oxygens (including phenoxy) is 1. The van der Waals surface area contributed by atoms with E-state index in [0.29, 0.717) is 18.5 Å². The maximum atomic E-state index is 5.94. The molecular weight excluding hydrogens is 280 g/mol. The molecule has 1 saturated heterocycles. The van der Waals surface area contributed by atoms with Crippen molar-refractivity contribution in [3.63, 3.8) is 0 Å². The SMILES string of the molecule is Nc1cc(N[C@H]2CCOC2)c2cnc(-c3ccn[nH]3)cc2n1. The number of aromatic amines is 1. The predicted octanol–water partition coefficient (Wildman–Crippen LogP) is 1.80. The lowest BCUT2D eigenvalue weighted by Crippen LogP contribution is -2.19. The Balaban J connectivity index is 1.77. The molecule has 7 heteroatoms. The Kier molecular flexibility index (Phi) is 3.12. The number of anilines is 2. The lowest BCUT2D eigenvalue weighted by Gasteiger charge is -2.15. The molecule has 1 aliphatic rings. The molecule has 0 unspecified atom stereocenters. The molecule has 0 bridgehead atoms. The fourth-order valence-electron chi connectivity index (χ4n) is 2.68. The van der Waals surface area contributed by atoms with E-state index in [9.17, 15) is 0 Å². The van der Waals surface area contributed by atoms with Crippen LogP contribution >= 0.6 is 0 Å². The van der Waals surface area contributed by atoms with Gasteiger partial charge in [0, 0.05) is 36.1 Å². The number of hydrogen-bond acceptors (Lipinski definition) is 6. The van der Waals surface area contributed by atoms with E-state index in [2.05, 4.69) is 25.5 Å². The molecule has 0 amide bonds. The quantitative estimate of drug-likeness (QED) is 0.681. The van der Waals surface area contributed by atoms with Gasteiger partial charge in [-0.2, -0.15) is 5.10 Å². The Hall–Kier alpha value is -2.67. The number of rotatable bonds is 3. The number of nitrogens with zero attached hydrogens (tertiary/aromatic N) is 3. The first-order valence-corrected chi connectivity index (χ1v) is 7.20. The zero-order valence-electron chi connectivity index (χ0n) is 11.9. The first kappa shape index (κ1) is 13.0. The van der Waals surface area contributed by atoms with Crippen LogP contribution in [0.1, 0.15) is 6.42 Å². The van der Waals surface area contributed by atoms with Crippen LogP contribution in [0.5, 0.6) is 0 Å². The highest BCUT2D eigenvalue weighted by atomic mass is 16.5. The monoisotopic (exact) mass is 296 g/mol. The molecule has 0 radical (unpaired) electrons. The number of aromatic nitrogens is 4. The van der Waals surface area contributed by atoms with Crippen LogP contribution < -0.4 is 11.1 Å². The molecule has 1 atom stereocenters. The van der Waals surface area contributed by atoms with Gasteiger partial charge in [0.15, 0.2) is 0 Å². The molecule has 3 aromatic rings. The second-order valence-corrected chi connectivity index (χ2v) is 5.36. The number of nitrogen functional groups attached to an aromatic ring is 1. The zero-order valence-corrected chi connectivity index (χ0v) is 11.9. The van der Waals surface area contributed by atoms with Crippen molar-refractivity contribution in [3.05, 3.63) is 30.6 Å². The van der Waals surface area contributed by atoms with E-state index in [1.165, 1.54) is 0 Å². The highest BCUT2D eigenvalue weighted by Crippen LogP contribution is 2.28. The van der Waals surface area contributed by atoms with Crippen LogP contribution in [0.25, 0.3) is 22.3 Å². The molecule has 0 spiro atoms. The van der Waals surface area contributed by atoms with Crippen LogP contribution in [-0.4, -0.2) is 39.4 Å². The number of H-pyrrole nitrogens is 1. The van der Waals surface area contributed by atoms with E-state index in [4.69, 9.17) is 10.5 Å². The van der Waals surface area contributed by atoms with Crippen LogP contribution in [-0.2, 0) is 4.74 Å². The van der Waals surface area contributed by atoms with Gasteiger partial charge in [-0.3, -0.25) is 10.1 Å². The molecule has 1 fully saturated rings. The van der Waals surface area contributed by atoms with Crippen molar-refractivity contribution in [1.82, 2.24) is 20.2 Å². The molecule has 0 saturated carbocycles. The standard InChI is InChI=1S/C15H16N6O/c16-15-6-13(19-9-2-4-22-8-9)10-7-17-14(5-12(10)20-15)11-1-3-18-21-11/h1,3,5-7,9H,2,4,8H2,(H,18,21)(H3,16,19,20)/t9-/m0/s1. The van der Waals surface area contributed by atoms with Gasteiger partial charge in [-0.05, 0) is 18.6 Å². The molecule has 7 nitrogen and oxygen atoms in total. The third-order valence-electron chi connectivity index (χ3n) is 3.78. The van der Waals surface area contributed by atoms with Gasteiger partial charge in [0.25, 0.3) is 0 Å². The Morgan fingerprint density at radius 1 is 1.36 bits per heavy atom. The second-order valence-electron chi connectivity index (χ2n) is 5.36. The van der Waals surface area contributed by atoms with Gasteiger partial charge in [0.05, 0.1) is 29.6 Å². The van der Waals surface area contributed by atoms with Gasteiger partial charge < -0.3 is 15.8 Å². The summed E-state index contributed by atoms with van der Waals surface area (Å²) in [5.41, 5.74) is 9.34. The molecule has 3 aromatic heterocycles. The molecule has 4 heterocycles. The summed E-state index contributed by atoms with van der Waals surface area (Å²) in [4.78, 5) is 8.90. The third kappa shape index (κ3) is 2.35. The minimum atomic E-state index is 0.303. The molecule has 0 aliphatic carbocycles. The molecule has 22 heavy (non-hydrogen) atoms. The Labute approximate surface area is 126 Å².